The number of hydrazone groups is 1. The van der Waals surface area contributed by atoms with Gasteiger partial charge in [0, 0.05) is 15.1 Å². The molecule has 162 valence electrons. The van der Waals surface area contributed by atoms with Gasteiger partial charge < -0.3 is 10.1 Å². The van der Waals surface area contributed by atoms with E-state index in [1.165, 1.54) is 6.21 Å². The fourth-order valence-corrected chi connectivity index (χ4v) is 2.85. The molecule has 0 aliphatic carbocycles. The molecule has 0 unspecified atom stereocenters. The first kappa shape index (κ1) is 23.2. The number of rotatable bonds is 7. The molecule has 32 heavy (non-hydrogen) atoms. The van der Waals surface area contributed by atoms with E-state index < -0.39 is 17.8 Å². The van der Waals surface area contributed by atoms with Crippen LogP contribution in [0.5, 0.6) is 5.75 Å². The van der Waals surface area contributed by atoms with E-state index in [4.69, 9.17) is 16.3 Å². The number of nitrogens with zero attached hydrogens (tertiary/aromatic N) is 1. The molecule has 0 saturated carbocycles. The van der Waals surface area contributed by atoms with Gasteiger partial charge in [-0.1, -0.05) is 27.5 Å². The Balaban J connectivity index is 1.44. The van der Waals surface area contributed by atoms with Crippen LogP contribution in [0.25, 0.3) is 0 Å². The Labute approximate surface area is 197 Å². The van der Waals surface area contributed by atoms with Crippen LogP contribution in [0.15, 0.2) is 82.4 Å². The van der Waals surface area contributed by atoms with Crippen molar-refractivity contribution in [3.63, 3.8) is 0 Å². The highest BCUT2D eigenvalue weighted by atomic mass is 79.9. The van der Waals surface area contributed by atoms with Gasteiger partial charge in [0.1, 0.15) is 5.75 Å². The molecule has 3 aromatic rings. The number of nitrogens with one attached hydrogen (secondary N) is 2. The average molecular weight is 515 g/mol. The number of hydrogen-bond acceptors (Lipinski definition) is 5. The van der Waals surface area contributed by atoms with Gasteiger partial charge in [0.2, 0.25) is 0 Å². The molecule has 0 spiro atoms. The predicted octanol–water partition coefficient (Wildman–Crippen LogP) is 4.20. The van der Waals surface area contributed by atoms with Crippen molar-refractivity contribution in [2.75, 3.05) is 6.54 Å². The highest BCUT2D eigenvalue weighted by molar-refractivity contribution is 9.10. The molecule has 0 aromatic heterocycles. The van der Waals surface area contributed by atoms with Crippen molar-refractivity contribution in [2.45, 2.75) is 0 Å². The largest absolute Gasteiger partial charge is 0.423 e. The van der Waals surface area contributed by atoms with E-state index in [1.807, 2.05) is 0 Å². The molecule has 0 saturated heterocycles. The van der Waals surface area contributed by atoms with Crippen LogP contribution in [-0.4, -0.2) is 30.5 Å². The van der Waals surface area contributed by atoms with Crippen LogP contribution in [0.2, 0.25) is 5.02 Å². The molecule has 2 N–H and O–H groups in total. The Hall–Kier alpha value is -3.49. The summed E-state index contributed by atoms with van der Waals surface area (Å²) in [5.74, 6) is -0.964. The fourth-order valence-electron chi connectivity index (χ4n) is 2.46. The molecule has 0 radical (unpaired) electrons. The first-order valence-corrected chi connectivity index (χ1v) is 10.5. The maximum absolute atomic E-state index is 12.1. The van der Waals surface area contributed by atoms with Crippen molar-refractivity contribution in [1.29, 1.82) is 0 Å². The molecule has 7 nitrogen and oxygen atoms in total. The summed E-state index contributed by atoms with van der Waals surface area (Å²) >= 11 is 9.09. The van der Waals surface area contributed by atoms with Crippen molar-refractivity contribution < 1.29 is 19.1 Å². The Bertz CT molecular complexity index is 1130. The van der Waals surface area contributed by atoms with Crippen LogP contribution in [0.1, 0.15) is 26.3 Å². The normalized spacial score (nSPS) is 10.6. The molecule has 0 heterocycles. The van der Waals surface area contributed by atoms with Gasteiger partial charge in [0.05, 0.1) is 18.3 Å². The van der Waals surface area contributed by atoms with Crippen LogP contribution < -0.4 is 15.5 Å². The van der Waals surface area contributed by atoms with E-state index in [0.717, 1.165) is 4.47 Å². The predicted molar refractivity (Wildman–Crippen MR) is 125 cm³/mol. The van der Waals surface area contributed by atoms with Crippen molar-refractivity contribution in [1.82, 2.24) is 10.7 Å². The Morgan fingerprint density at radius 1 is 0.906 bits per heavy atom. The lowest BCUT2D eigenvalue weighted by Gasteiger charge is -2.05. The summed E-state index contributed by atoms with van der Waals surface area (Å²) in [5.41, 5.74) is 3.83. The monoisotopic (exact) mass is 513 g/mol. The number of ether oxygens (including phenoxy) is 1. The van der Waals surface area contributed by atoms with Crippen molar-refractivity contribution in [2.24, 2.45) is 5.10 Å². The van der Waals surface area contributed by atoms with Crippen LogP contribution in [0.3, 0.4) is 0 Å². The number of halogens is 2. The standard InChI is InChI=1S/C23H17BrClN3O4/c24-18-7-3-17(4-8-18)23(31)32-20-11-1-15(2-12-20)13-27-28-21(29)14-26-22(30)16-5-9-19(25)10-6-16/h1-13H,14H2,(H,26,30)(H,28,29)/b27-13+. The molecular formula is C23H17BrClN3O4. The number of esters is 1. The highest BCUT2D eigenvalue weighted by Crippen LogP contribution is 2.15. The van der Waals surface area contributed by atoms with Crippen LogP contribution in [0, 0.1) is 0 Å². The lowest BCUT2D eigenvalue weighted by atomic mass is 10.2. The third kappa shape index (κ3) is 7.04. The molecule has 3 rings (SSSR count). The lowest BCUT2D eigenvalue weighted by Crippen LogP contribution is -2.34. The number of benzene rings is 3. The summed E-state index contributed by atoms with van der Waals surface area (Å²) in [5, 5.41) is 6.85. The van der Waals surface area contributed by atoms with Crippen molar-refractivity contribution in [3.8, 4) is 5.75 Å². The van der Waals surface area contributed by atoms with E-state index in [2.05, 4.69) is 31.8 Å². The third-order valence-corrected chi connectivity index (χ3v) is 4.87. The second-order valence-electron chi connectivity index (χ2n) is 6.45. The lowest BCUT2D eigenvalue weighted by molar-refractivity contribution is -0.120. The summed E-state index contributed by atoms with van der Waals surface area (Å²) in [7, 11) is 0. The van der Waals surface area contributed by atoms with Gasteiger partial charge in [-0.3, -0.25) is 9.59 Å². The van der Waals surface area contributed by atoms with Crippen molar-refractivity contribution in [3.05, 3.63) is 99.0 Å². The zero-order chi connectivity index (χ0) is 22.9. The van der Waals surface area contributed by atoms with E-state index in [-0.39, 0.29) is 6.54 Å². The van der Waals surface area contributed by atoms with Gasteiger partial charge >= 0.3 is 5.97 Å². The minimum atomic E-state index is -0.483. The fraction of sp³-hybridized carbons (Fsp3) is 0.0435. The molecule has 0 atom stereocenters. The minimum absolute atomic E-state index is 0.232. The number of carbonyl (C=O) groups is 3. The Morgan fingerprint density at radius 3 is 2.19 bits per heavy atom. The molecule has 0 fully saturated rings. The quantitative estimate of drug-likeness (QED) is 0.214. The van der Waals surface area contributed by atoms with E-state index >= 15 is 0 Å². The minimum Gasteiger partial charge on any atom is -0.423 e. The van der Waals surface area contributed by atoms with Crippen LogP contribution in [-0.2, 0) is 4.79 Å². The zero-order valence-corrected chi connectivity index (χ0v) is 18.9. The molecular weight excluding hydrogens is 498 g/mol. The molecule has 3 aromatic carbocycles. The molecule has 0 bridgehead atoms. The molecule has 0 aliphatic rings. The molecule has 9 heteroatoms. The second-order valence-corrected chi connectivity index (χ2v) is 7.80. The number of carbonyl (C=O) groups excluding carboxylic acids is 3. The van der Waals surface area contributed by atoms with Gasteiger partial charge in [0.25, 0.3) is 11.8 Å². The molecule has 2 amide bonds. The number of amides is 2. The van der Waals surface area contributed by atoms with Gasteiger partial charge in [-0.15, -0.1) is 0 Å². The Kier molecular flexibility index (Phi) is 8.13. The second kappa shape index (κ2) is 11.2. The summed E-state index contributed by atoms with van der Waals surface area (Å²) in [6.07, 6.45) is 1.43. The maximum Gasteiger partial charge on any atom is 0.343 e. The summed E-state index contributed by atoms with van der Waals surface area (Å²) < 4.78 is 6.19. The van der Waals surface area contributed by atoms with Crippen LogP contribution >= 0.6 is 27.5 Å². The SMILES string of the molecule is O=C(CNC(=O)c1ccc(Cl)cc1)N/N=C/c1ccc(OC(=O)c2ccc(Br)cc2)cc1. The smallest absolute Gasteiger partial charge is 0.343 e. The number of hydrogen-bond donors (Lipinski definition) is 2. The summed E-state index contributed by atoms with van der Waals surface area (Å²) in [6.45, 7) is -0.232. The van der Waals surface area contributed by atoms with E-state index in [1.54, 1.807) is 72.8 Å². The molecule has 0 aliphatic heterocycles. The topological polar surface area (TPSA) is 96.9 Å². The Morgan fingerprint density at radius 2 is 1.53 bits per heavy atom. The maximum atomic E-state index is 12.1. The third-order valence-electron chi connectivity index (χ3n) is 4.09. The van der Waals surface area contributed by atoms with E-state index in [0.29, 0.717) is 27.5 Å². The van der Waals surface area contributed by atoms with Gasteiger partial charge in [-0.25, -0.2) is 10.2 Å². The van der Waals surface area contributed by atoms with E-state index in [9.17, 15) is 14.4 Å². The van der Waals surface area contributed by atoms with Crippen molar-refractivity contribution >= 4 is 51.5 Å². The average Bonchev–Trinajstić information content (AvgIpc) is 2.79. The highest BCUT2D eigenvalue weighted by Gasteiger charge is 2.09. The van der Waals surface area contributed by atoms with Gasteiger partial charge in [0.15, 0.2) is 0 Å². The summed E-state index contributed by atoms with van der Waals surface area (Å²) in [4.78, 5) is 35.9. The summed E-state index contributed by atoms with van der Waals surface area (Å²) in [6, 6.07) is 19.7. The first-order chi connectivity index (χ1) is 15.4. The van der Waals surface area contributed by atoms with Gasteiger partial charge in [-0.05, 0) is 78.4 Å². The first-order valence-electron chi connectivity index (χ1n) is 9.34. The van der Waals surface area contributed by atoms with Crippen LogP contribution in [0.4, 0.5) is 0 Å². The zero-order valence-electron chi connectivity index (χ0n) is 16.5. The van der Waals surface area contributed by atoms with Gasteiger partial charge in [-0.2, -0.15) is 5.10 Å².